The Kier molecular flexibility index (Phi) is 5.60. The van der Waals surface area contributed by atoms with Crippen LogP contribution in [0.4, 0.5) is 0 Å². The standard InChI is InChI=1S/C16H12O10S3/c17-11-5-12(27-25-23-18)8-2-3-9-13(28-26-24-19)6-14(29(20,21)22)10-4-1-7(11)15(8)16(9)10/h1-6,13,15,17-19H,(H,20,21,22). The van der Waals surface area contributed by atoms with Crippen molar-refractivity contribution in [1.29, 1.82) is 0 Å². The lowest BCUT2D eigenvalue weighted by Crippen LogP contribution is -2.30. The Balaban J connectivity index is 1.90. The summed E-state index contributed by atoms with van der Waals surface area (Å²) < 4.78 is 42.8. The zero-order chi connectivity index (χ0) is 20.8. The quantitative estimate of drug-likeness (QED) is 0.191. The fourth-order valence-corrected chi connectivity index (χ4v) is 5.71. The normalized spacial score (nSPS) is 25.3. The van der Waals surface area contributed by atoms with Gasteiger partial charge in [-0.15, -0.1) is 8.67 Å². The van der Waals surface area contributed by atoms with E-state index < -0.39 is 21.3 Å². The van der Waals surface area contributed by atoms with Gasteiger partial charge in [-0.2, -0.15) is 8.42 Å². The van der Waals surface area contributed by atoms with Crippen LogP contribution >= 0.6 is 24.1 Å². The van der Waals surface area contributed by atoms with Crippen LogP contribution in [0.2, 0.25) is 0 Å². The smallest absolute Gasteiger partial charge is 0.294 e. The summed E-state index contributed by atoms with van der Waals surface area (Å²) in [4.78, 5) is 0.0864. The lowest BCUT2D eigenvalue weighted by Gasteiger charge is -2.39. The van der Waals surface area contributed by atoms with E-state index in [1.807, 2.05) is 0 Å². The van der Waals surface area contributed by atoms with Crippen molar-refractivity contribution >= 4 is 34.2 Å². The molecule has 0 radical (unpaired) electrons. The molecule has 0 amide bonds. The van der Waals surface area contributed by atoms with Gasteiger partial charge in [-0.1, -0.05) is 34.4 Å². The lowest BCUT2D eigenvalue weighted by molar-refractivity contribution is -0.432. The summed E-state index contributed by atoms with van der Waals surface area (Å²) >= 11 is 1.29. The highest BCUT2D eigenvalue weighted by Gasteiger charge is 2.43. The molecule has 0 aromatic rings. The van der Waals surface area contributed by atoms with Crippen molar-refractivity contribution in [2.75, 3.05) is 0 Å². The Labute approximate surface area is 172 Å². The van der Waals surface area contributed by atoms with E-state index in [9.17, 15) is 18.1 Å². The zero-order valence-electron chi connectivity index (χ0n) is 14.1. The lowest BCUT2D eigenvalue weighted by atomic mass is 9.68. The summed E-state index contributed by atoms with van der Waals surface area (Å²) in [5.41, 5.74) is 2.58. The van der Waals surface area contributed by atoms with Gasteiger partial charge in [0.25, 0.3) is 10.1 Å². The van der Waals surface area contributed by atoms with Crippen molar-refractivity contribution in [3.8, 4) is 0 Å². The van der Waals surface area contributed by atoms with Crippen LogP contribution in [0.25, 0.3) is 0 Å². The van der Waals surface area contributed by atoms with Gasteiger partial charge in [0, 0.05) is 28.4 Å². The Morgan fingerprint density at radius 3 is 2.45 bits per heavy atom. The summed E-state index contributed by atoms with van der Waals surface area (Å²) in [5, 5.41) is 33.9. The van der Waals surface area contributed by atoms with E-state index >= 15 is 0 Å². The van der Waals surface area contributed by atoms with Crippen molar-refractivity contribution in [2.45, 2.75) is 5.25 Å². The maximum Gasteiger partial charge on any atom is 0.294 e. The first-order valence-corrected chi connectivity index (χ1v) is 10.8. The molecule has 0 bridgehead atoms. The van der Waals surface area contributed by atoms with Crippen molar-refractivity contribution in [3.63, 3.8) is 0 Å². The van der Waals surface area contributed by atoms with Crippen LogP contribution in [-0.4, -0.2) is 33.8 Å². The molecular weight excluding hydrogens is 448 g/mol. The van der Waals surface area contributed by atoms with Gasteiger partial charge < -0.3 is 5.11 Å². The van der Waals surface area contributed by atoms with Crippen molar-refractivity contribution < 1.29 is 47.3 Å². The minimum absolute atomic E-state index is 0.0812. The molecule has 0 saturated heterocycles. The Morgan fingerprint density at radius 2 is 1.76 bits per heavy atom. The third-order valence-electron chi connectivity index (χ3n) is 4.71. The molecule has 4 aliphatic rings. The summed E-state index contributed by atoms with van der Waals surface area (Å²) in [5.74, 6) is -0.657. The molecule has 0 aromatic carbocycles. The van der Waals surface area contributed by atoms with Crippen LogP contribution in [0.5, 0.6) is 0 Å². The molecule has 4 aliphatic carbocycles. The molecule has 0 aliphatic heterocycles. The maximum atomic E-state index is 12.0. The van der Waals surface area contributed by atoms with Gasteiger partial charge >= 0.3 is 0 Å². The van der Waals surface area contributed by atoms with E-state index in [1.165, 1.54) is 18.2 Å². The molecule has 0 spiro atoms. The number of allylic oxidation sites excluding steroid dienone is 9. The predicted octanol–water partition coefficient (Wildman–Crippen LogP) is 3.34. The first-order valence-electron chi connectivity index (χ1n) is 7.84. The second-order valence-corrected chi connectivity index (χ2v) is 9.05. The molecule has 4 rings (SSSR count). The minimum atomic E-state index is -4.59. The Bertz CT molecular complexity index is 1070. The molecule has 4 N–H and O–H groups in total. The molecule has 0 heterocycles. The summed E-state index contributed by atoms with van der Waals surface area (Å²) in [6, 6.07) is 0. The first kappa shape index (κ1) is 20.6. The number of aliphatic hydroxyl groups excluding tert-OH is 1. The number of hydrogen-bond acceptors (Lipinski definition) is 11. The molecule has 10 nitrogen and oxygen atoms in total. The molecular formula is C16H12O10S3. The van der Waals surface area contributed by atoms with Gasteiger partial charge in [-0.25, -0.2) is 10.5 Å². The van der Waals surface area contributed by atoms with E-state index in [2.05, 4.69) is 18.7 Å². The third-order valence-corrected chi connectivity index (χ3v) is 7.02. The van der Waals surface area contributed by atoms with Crippen molar-refractivity contribution in [1.82, 2.24) is 0 Å². The van der Waals surface area contributed by atoms with Crippen LogP contribution in [0.15, 0.2) is 79.9 Å². The molecule has 154 valence electrons. The minimum Gasteiger partial charge on any atom is -0.508 e. The van der Waals surface area contributed by atoms with E-state index in [0.717, 1.165) is 0 Å². The van der Waals surface area contributed by atoms with Crippen LogP contribution < -0.4 is 0 Å². The molecule has 2 atom stereocenters. The van der Waals surface area contributed by atoms with E-state index in [4.69, 9.17) is 10.5 Å². The molecule has 13 heteroatoms. The van der Waals surface area contributed by atoms with E-state index in [1.54, 1.807) is 18.2 Å². The first-order chi connectivity index (χ1) is 13.9. The summed E-state index contributed by atoms with van der Waals surface area (Å²) in [6.07, 6.45) is 9.22. The highest BCUT2D eigenvalue weighted by atomic mass is 32.2. The topological polar surface area (TPSA) is 152 Å². The second kappa shape index (κ2) is 7.88. The zero-order valence-corrected chi connectivity index (χ0v) is 16.5. The van der Waals surface area contributed by atoms with Crippen LogP contribution in [-0.2, 0) is 28.9 Å². The van der Waals surface area contributed by atoms with Crippen LogP contribution in [0, 0.1) is 5.92 Å². The van der Waals surface area contributed by atoms with Crippen LogP contribution in [0.3, 0.4) is 0 Å². The van der Waals surface area contributed by atoms with E-state index in [0.29, 0.717) is 51.3 Å². The predicted molar refractivity (Wildman–Crippen MR) is 102 cm³/mol. The van der Waals surface area contributed by atoms with Gasteiger partial charge in [-0.05, 0) is 34.4 Å². The Morgan fingerprint density at radius 1 is 1.03 bits per heavy atom. The average molecular weight is 460 g/mol. The van der Waals surface area contributed by atoms with Gasteiger partial charge in [0.15, 0.2) is 0 Å². The molecule has 2 unspecified atom stereocenters. The van der Waals surface area contributed by atoms with Crippen molar-refractivity contribution in [3.05, 3.63) is 79.9 Å². The fourth-order valence-electron chi connectivity index (χ4n) is 3.70. The van der Waals surface area contributed by atoms with Crippen molar-refractivity contribution in [2.24, 2.45) is 5.92 Å². The summed E-state index contributed by atoms with van der Waals surface area (Å²) in [6.45, 7) is 0. The van der Waals surface area contributed by atoms with Gasteiger partial charge in [0.05, 0.1) is 22.2 Å². The summed E-state index contributed by atoms with van der Waals surface area (Å²) in [7, 11) is -4.59. The molecule has 0 aromatic heterocycles. The number of rotatable bonds is 7. The molecule has 0 fully saturated rings. The Hall–Kier alpha value is -1.65. The van der Waals surface area contributed by atoms with Gasteiger partial charge in [-0.3, -0.25) is 4.55 Å². The number of aliphatic hydroxyl groups is 1. The highest BCUT2D eigenvalue weighted by Crippen LogP contribution is 2.54. The highest BCUT2D eigenvalue weighted by molar-refractivity contribution is 7.98. The average Bonchev–Trinajstić information content (AvgIpc) is 2.69. The second-order valence-electron chi connectivity index (χ2n) is 6.08. The van der Waals surface area contributed by atoms with Gasteiger partial charge in [0.1, 0.15) is 5.76 Å². The maximum absolute atomic E-state index is 12.0. The monoisotopic (exact) mass is 460 g/mol. The third kappa shape index (κ3) is 3.55. The largest absolute Gasteiger partial charge is 0.508 e. The number of hydrogen-bond donors (Lipinski definition) is 4. The molecule has 0 saturated carbocycles. The van der Waals surface area contributed by atoms with Gasteiger partial charge in [0.2, 0.25) is 0 Å². The molecule has 29 heavy (non-hydrogen) atoms. The van der Waals surface area contributed by atoms with Crippen LogP contribution in [0.1, 0.15) is 0 Å². The fraction of sp³-hybridized carbons (Fsp3) is 0.125. The SMILES string of the molecule is O=S(=O)(O)C1=CC(SOOO)C2=CC=C3C(SOOO)=CC(O)=C4C=CC1=C2C34. The van der Waals surface area contributed by atoms with E-state index in [-0.39, 0.29) is 16.2 Å².